The van der Waals surface area contributed by atoms with Gasteiger partial charge in [-0.25, -0.2) is 0 Å². The summed E-state index contributed by atoms with van der Waals surface area (Å²) in [5.41, 5.74) is 3.85. The highest BCUT2D eigenvalue weighted by molar-refractivity contribution is 5.75. The van der Waals surface area contributed by atoms with Crippen LogP contribution in [0, 0.1) is 13.8 Å². The maximum Gasteiger partial charge on any atom is 0.112 e. The molecule has 2 rings (SSSR count). The van der Waals surface area contributed by atoms with Crippen molar-refractivity contribution >= 4 is 5.57 Å². The van der Waals surface area contributed by atoms with E-state index in [1.807, 2.05) is 39.0 Å². The molecule has 1 aromatic carbocycles. The zero-order valence-electron chi connectivity index (χ0n) is 11.4. The van der Waals surface area contributed by atoms with Crippen molar-refractivity contribution < 1.29 is 10.2 Å². The highest BCUT2D eigenvalue weighted by Gasteiger charge is 2.34. The Morgan fingerprint density at radius 2 is 1.61 bits per heavy atom. The standard InChI is InChI=1S/C16H20O2/c1-10-5-11(2)7-13(6-10)14-8-12(3)9-16(4,18)15(14)17/h5-9,15,17-18H,1-4H3. The van der Waals surface area contributed by atoms with Gasteiger partial charge >= 0.3 is 0 Å². The number of rotatable bonds is 1. The van der Waals surface area contributed by atoms with Crippen molar-refractivity contribution in [2.24, 2.45) is 0 Å². The van der Waals surface area contributed by atoms with Crippen LogP contribution in [0.1, 0.15) is 30.5 Å². The second kappa shape index (κ2) is 4.38. The van der Waals surface area contributed by atoms with E-state index in [1.165, 1.54) is 0 Å². The predicted molar refractivity (Wildman–Crippen MR) is 74.3 cm³/mol. The number of benzene rings is 1. The van der Waals surface area contributed by atoms with Gasteiger partial charge in [0.05, 0.1) is 0 Å². The molecule has 2 N–H and O–H groups in total. The minimum absolute atomic E-state index is 0.784. The number of allylic oxidation sites excluding steroid dienone is 2. The molecule has 0 bridgehead atoms. The molecule has 0 aliphatic heterocycles. The SMILES string of the molecule is CC1=CC(C)(O)C(O)C(c2cc(C)cc(C)c2)=C1. The molecule has 2 unspecified atom stereocenters. The molecule has 0 aromatic heterocycles. The van der Waals surface area contributed by atoms with Gasteiger partial charge in [-0.05, 0) is 44.9 Å². The summed E-state index contributed by atoms with van der Waals surface area (Å²) in [6.45, 7) is 7.64. The molecule has 2 nitrogen and oxygen atoms in total. The third-order valence-electron chi connectivity index (χ3n) is 3.31. The molecular weight excluding hydrogens is 224 g/mol. The fourth-order valence-electron chi connectivity index (χ4n) is 2.60. The van der Waals surface area contributed by atoms with Crippen LogP contribution >= 0.6 is 0 Å². The Hall–Kier alpha value is -1.38. The first-order valence-corrected chi connectivity index (χ1v) is 6.20. The first-order valence-electron chi connectivity index (χ1n) is 6.20. The van der Waals surface area contributed by atoms with Crippen molar-refractivity contribution in [1.82, 2.24) is 0 Å². The summed E-state index contributed by atoms with van der Waals surface area (Å²) in [6.07, 6.45) is 2.75. The van der Waals surface area contributed by atoms with Gasteiger partial charge in [0.1, 0.15) is 11.7 Å². The molecule has 1 aromatic rings. The highest BCUT2D eigenvalue weighted by Crippen LogP contribution is 2.33. The Balaban J connectivity index is 2.53. The molecule has 0 saturated heterocycles. The van der Waals surface area contributed by atoms with Crippen LogP contribution in [-0.2, 0) is 0 Å². The average molecular weight is 244 g/mol. The molecule has 96 valence electrons. The van der Waals surface area contributed by atoms with E-state index in [4.69, 9.17) is 0 Å². The van der Waals surface area contributed by atoms with Crippen molar-refractivity contribution in [3.63, 3.8) is 0 Å². The summed E-state index contributed by atoms with van der Waals surface area (Å²) in [6, 6.07) is 6.17. The summed E-state index contributed by atoms with van der Waals surface area (Å²) >= 11 is 0. The van der Waals surface area contributed by atoms with E-state index in [9.17, 15) is 10.2 Å². The van der Waals surface area contributed by atoms with Crippen molar-refractivity contribution in [2.45, 2.75) is 39.4 Å². The second-order valence-corrected chi connectivity index (χ2v) is 5.49. The van der Waals surface area contributed by atoms with Gasteiger partial charge in [0.15, 0.2) is 0 Å². The van der Waals surface area contributed by atoms with Crippen LogP contribution in [0.25, 0.3) is 5.57 Å². The van der Waals surface area contributed by atoms with Gasteiger partial charge in [-0.1, -0.05) is 41.0 Å². The Kier molecular flexibility index (Phi) is 3.18. The maximum absolute atomic E-state index is 10.3. The van der Waals surface area contributed by atoms with E-state index in [-0.39, 0.29) is 0 Å². The summed E-state index contributed by atoms with van der Waals surface area (Å²) < 4.78 is 0. The van der Waals surface area contributed by atoms with Crippen molar-refractivity contribution in [3.05, 3.63) is 52.6 Å². The number of aliphatic hydroxyl groups excluding tert-OH is 1. The molecule has 0 spiro atoms. The van der Waals surface area contributed by atoms with Crippen LogP contribution in [0.15, 0.2) is 35.9 Å². The first kappa shape index (κ1) is 13.1. The molecule has 0 saturated carbocycles. The first-order chi connectivity index (χ1) is 8.29. The van der Waals surface area contributed by atoms with E-state index in [0.717, 1.165) is 27.8 Å². The van der Waals surface area contributed by atoms with Gasteiger partial charge in [-0.2, -0.15) is 0 Å². The van der Waals surface area contributed by atoms with Crippen LogP contribution < -0.4 is 0 Å². The van der Waals surface area contributed by atoms with Gasteiger partial charge in [0.25, 0.3) is 0 Å². The second-order valence-electron chi connectivity index (χ2n) is 5.49. The minimum atomic E-state index is -1.20. The quantitative estimate of drug-likeness (QED) is 0.797. The minimum Gasteiger partial charge on any atom is -0.385 e. The summed E-state index contributed by atoms with van der Waals surface area (Å²) in [7, 11) is 0. The molecular formula is C16H20O2. The lowest BCUT2D eigenvalue weighted by atomic mass is 9.82. The van der Waals surface area contributed by atoms with Crippen LogP contribution in [0.5, 0.6) is 0 Å². The van der Waals surface area contributed by atoms with Crippen molar-refractivity contribution in [1.29, 1.82) is 0 Å². The van der Waals surface area contributed by atoms with E-state index < -0.39 is 11.7 Å². The fraction of sp³-hybridized carbons (Fsp3) is 0.375. The molecule has 18 heavy (non-hydrogen) atoms. The molecule has 1 aliphatic rings. The Morgan fingerprint density at radius 3 is 2.17 bits per heavy atom. The van der Waals surface area contributed by atoms with Crippen molar-refractivity contribution in [2.75, 3.05) is 0 Å². The van der Waals surface area contributed by atoms with Crippen molar-refractivity contribution in [3.8, 4) is 0 Å². The molecule has 0 heterocycles. The van der Waals surface area contributed by atoms with Gasteiger partial charge in [0, 0.05) is 0 Å². The molecule has 0 fully saturated rings. The van der Waals surface area contributed by atoms with Gasteiger partial charge in [-0.15, -0.1) is 0 Å². The lowest BCUT2D eigenvalue weighted by Crippen LogP contribution is -2.40. The lowest BCUT2D eigenvalue weighted by Gasteiger charge is -2.32. The van der Waals surface area contributed by atoms with Gasteiger partial charge in [0.2, 0.25) is 0 Å². The zero-order chi connectivity index (χ0) is 13.5. The molecule has 2 heteroatoms. The molecule has 0 radical (unpaired) electrons. The van der Waals surface area contributed by atoms with E-state index in [0.29, 0.717) is 0 Å². The zero-order valence-corrected chi connectivity index (χ0v) is 11.4. The topological polar surface area (TPSA) is 40.5 Å². The van der Waals surface area contributed by atoms with Gasteiger partial charge in [-0.3, -0.25) is 0 Å². The smallest absolute Gasteiger partial charge is 0.112 e. The monoisotopic (exact) mass is 244 g/mol. The number of hydrogen-bond acceptors (Lipinski definition) is 2. The van der Waals surface area contributed by atoms with E-state index >= 15 is 0 Å². The van der Waals surface area contributed by atoms with Crippen LogP contribution in [0.3, 0.4) is 0 Å². The van der Waals surface area contributed by atoms with Crippen LogP contribution in [0.4, 0.5) is 0 Å². The Bertz CT molecular complexity index is 516. The summed E-state index contributed by atoms with van der Waals surface area (Å²) in [4.78, 5) is 0. The number of aryl methyl sites for hydroxylation is 2. The fourth-order valence-corrected chi connectivity index (χ4v) is 2.60. The number of hydrogen-bond donors (Lipinski definition) is 2. The predicted octanol–water partition coefficient (Wildman–Crippen LogP) is 2.76. The normalized spacial score (nSPS) is 27.8. The van der Waals surface area contributed by atoms with Crippen LogP contribution in [-0.4, -0.2) is 21.9 Å². The highest BCUT2D eigenvalue weighted by atomic mass is 16.3. The molecule has 2 atom stereocenters. The Labute approximate surface area is 108 Å². The Morgan fingerprint density at radius 1 is 1.06 bits per heavy atom. The van der Waals surface area contributed by atoms with E-state index in [2.05, 4.69) is 6.07 Å². The van der Waals surface area contributed by atoms with Gasteiger partial charge < -0.3 is 10.2 Å². The lowest BCUT2D eigenvalue weighted by molar-refractivity contribution is 0.00420. The molecule has 1 aliphatic carbocycles. The third-order valence-corrected chi connectivity index (χ3v) is 3.31. The summed E-state index contributed by atoms with van der Waals surface area (Å²) in [5, 5.41) is 20.5. The molecule has 0 amide bonds. The number of aliphatic hydroxyl groups is 2. The summed E-state index contributed by atoms with van der Waals surface area (Å²) in [5.74, 6) is 0. The largest absolute Gasteiger partial charge is 0.385 e. The maximum atomic E-state index is 10.3. The average Bonchev–Trinajstić information content (AvgIpc) is 2.21. The van der Waals surface area contributed by atoms with Crippen LogP contribution in [0.2, 0.25) is 0 Å². The third kappa shape index (κ3) is 2.40. The van der Waals surface area contributed by atoms with E-state index in [1.54, 1.807) is 13.0 Å².